The summed E-state index contributed by atoms with van der Waals surface area (Å²) in [6.45, 7) is 8.40. The van der Waals surface area contributed by atoms with Gasteiger partial charge in [0.05, 0.1) is 0 Å². The molecule has 0 spiro atoms. The molecule has 2 aliphatic carbocycles. The average Bonchev–Trinajstić information content (AvgIpc) is 2.33. The summed E-state index contributed by atoms with van der Waals surface area (Å²) in [6.07, 6.45) is 19.7. The lowest BCUT2D eigenvalue weighted by atomic mass is 9.87. The first kappa shape index (κ1) is 12.2. The predicted octanol–water partition coefficient (Wildman–Crippen LogP) is 4.42. The van der Waals surface area contributed by atoms with Crippen LogP contribution in [0.15, 0.2) is 59.3 Å². The molecule has 0 aromatic rings. The highest BCUT2D eigenvalue weighted by molar-refractivity contribution is 5.37. The molecule has 2 unspecified atom stereocenters. The normalized spacial score (nSPS) is 29.0. The molecule has 2 atom stereocenters. The Kier molecular flexibility index (Phi) is 3.83. The molecule has 3 radical (unpaired) electrons. The molecular weight excluding hydrogens is 204 g/mol. The topological polar surface area (TPSA) is 0 Å². The maximum atomic E-state index is 4.17. The molecule has 2 rings (SSSR count). The van der Waals surface area contributed by atoms with E-state index in [9.17, 15) is 0 Å². The summed E-state index contributed by atoms with van der Waals surface area (Å²) >= 11 is 0. The van der Waals surface area contributed by atoms with Crippen LogP contribution in [-0.4, -0.2) is 0 Å². The van der Waals surface area contributed by atoms with Crippen molar-refractivity contribution in [1.29, 1.82) is 0 Å². The summed E-state index contributed by atoms with van der Waals surface area (Å²) in [5.41, 5.74) is 3.78. The smallest absolute Gasteiger partial charge is 0.00493 e. The van der Waals surface area contributed by atoms with Gasteiger partial charge in [-0.05, 0) is 33.6 Å². The SMILES string of the molecule is [CH2]/C(=C\C1[CH]C=C(C)C=C1)C1[CH]C=C(C)C=C1. The molecular formula is C17H19. The molecule has 2 aliphatic rings. The Balaban J connectivity index is 1.99. The van der Waals surface area contributed by atoms with E-state index < -0.39 is 0 Å². The van der Waals surface area contributed by atoms with Crippen LogP contribution >= 0.6 is 0 Å². The number of hydrogen-bond acceptors (Lipinski definition) is 0. The van der Waals surface area contributed by atoms with Gasteiger partial charge in [-0.15, -0.1) is 0 Å². The first-order chi connectivity index (χ1) is 8.15. The molecule has 0 nitrogen and oxygen atoms in total. The Bertz CT molecular complexity index is 427. The van der Waals surface area contributed by atoms with Crippen molar-refractivity contribution in [1.82, 2.24) is 0 Å². The Labute approximate surface area is 105 Å². The van der Waals surface area contributed by atoms with Crippen LogP contribution in [0.1, 0.15) is 13.8 Å². The van der Waals surface area contributed by atoms with Crippen LogP contribution in [0.5, 0.6) is 0 Å². The van der Waals surface area contributed by atoms with Crippen LogP contribution in [0.4, 0.5) is 0 Å². The van der Waals surface area contributed by atoms with Crippen molar-refractivity contribution < 1.29 is 0 Å². The Morgan fingerprint density at radius 1 is 1.06 bits per heavy atom. The fraction of sp³-hybridized carbons (Fsp3) is 0.235. The lowest BCUT2D eigenvalue weighted by Crippen LogP contribution is -2.05. The fourth-order valence-electron chi connectivity index (χ4n) is 1.99. The Hall–Kier alpha value is -1.30. The molecule has 0 fully saturated rings. The zero-order valence-electron chi connectivity index (χ0n) is 10.6. The van der Waals surface area contributed by atoms with Crippen molar-refractivity contribution in [3.05, 3.63) is 79.0 Å². The monoisotopic (exact) mass is 223 g/mol. The predicted molar refractivity (Wildman–Crippen MR) is 74.8 cm³/mol. The van der Waals surface area contributed by atoms with Gasteiger partial charge in [0.15, 0.2) is 0 Å². The molecule has 0 aromatic carbocycles. The molecule has 0 aliphatic heterocycles. The summed E-state index contributed by atoms with van der Waals surface area (Å²) < 4.78 is 0. The van der Waals surface area contributed by atoms with E-state index in [1.54, 1.807) is 0 Å². The van der Waals surface area contributed by atoms with Crippen molar-refractivity contribution in [3.63, 3.8) is 0 Å². The van der Waals surface area contributed by atoms with Gasteiger partial charge in [0.25, 0.3) is 0 Å². The third kappa shape index (κ3) is 3.33. The van der Waals surface area contributed by atoms with Crippen LogP contribution in [0.2, 0.25) is 0 Å². The molecule has 0 amide bonds. The van der Waals surface area contributed by atoms with E-state index in [-0.39, 0.29) is 0 Å². The second-order valence-corrected chi connectivity index (χ2v) is 4.77. The van der Waals surface area contributed by atoms with Crippen LogP contribution in [0.3, 0.4) is 0 Å². The van der Waals surface area contributed by atoms with Crippen molar-refractivity contribution in [2.45, 2.75) is 13.8 Å². The third-order valence-electron chi connectivity index (χ3n) is 3.13. The first-order valence-corrected chi connectivity index (χ1v) is 6.09. The molecule has 0 heteroatoms. The standard InChI is InChI=1S/C17H19/c1-13-4-8-16(9-5-13)12-15(3)17-10-6-14(2)7-11-17/h4-12,16-17H,3H2,1-2H3/b15-12+. The Morgan fingerprint density at radius 3 is 2.24 bits per heavy atom. The van der Waals surface area contributed by atoms with Gasteiger partial charge < -0.3 is 0 Å². The molecule has 0 saturated heterocycles. The maximum Gasteiger partial charge on any atom is 0.00493 e. The lowest BCUT2D eigenvalue weighted by Gasteiger charge is -2.18. The van der Waals surface area contributed by atoms with Crippen LogP contribution in [-0.2, 0) is 0 Å². The highest BCUT2D eigenvalue weighted by Crippen LogP contribution is 2.25. The van der Waals surface area contributed by atoms with E-state index in [1.165, 1.54) is 16.7 Å². The Morgan fingerprint density at radius 2 is 1.71 bits per heavy atom. The summed E-state index contributed by atoms with van der Waals surface area (Å²) in [4.78, 5) is 0. The first-order valence-electron chi connectivity index (χ1n) is 6.09. The molecule has 0 heterocycles. The fourth-order valence-corrected chi connectivity index (χ4v) is 1.99. The maximum absolute atomic E-state index is 4.17. The van der Waals surface area contributed by atoms with E-state index in [2.05, 4.69) is 76.1 Å². The van der Waals surface area contributed by atoms with E-state index in [4.69, 9.17) is 0 Å². The zero-order valence-corrected chi connectivity index (χ0v) is 10.6. The minimum atomic E-state index is 0.354. The van der Waals surface area contributed by atoms with Crippen molar-refractivity contribution in [3.8, 4) is 0 Å². The van der Waals surface area contributed by atoms with Crippen molar-refractivity contribution in [2.24, 2.45) is 11.8 Å². The van der Waals surface area contributed by atoms with Gasteiger partial charge in [-0.2, -0.15) is 0 Å². The summed E-state index contributed by atoms with van der Waals surface area (Å²) in [5.74, 6) is 0.743. The summed E-state index contributed by atoms with van der Waals surface area (Å²) in [5, 5.41) is 0. The number of allylic oxidation sites excluding steroid dienone is 10. The second kappa shape index (κ2) is 5.35. The lowest BCUT2D eigenvalue weighted by molar-refractivity contribution is 0.882. The van der Waals surface area contributed by atoms with E-state index in [1.807, 2.05) is 0 Å². The van der Waals surface area contributed by atoms with Gasteiger partial charge >= 0.3 is 0 Å². The molecule has 0 aromatic heterocycles. The van der Waals surface area contributed by atoms with Crippen molar-refractivity contribution >= 4 is 0 Å². The summed E-state index contributed by atoms with van der Waals surface area (Å²) in [7, 11) is 0. The van der Waals surface area contributed by atoms with E-state index >= 15 is 0 Å². The molecule has 0 bridgehead atoms. The minimum Gasteiger partial charge on any atom is -0.0772 e. The van der Waals surface area contributed by atoms with Crippen LogP contribution in [0.25, 0.3) is 0 Å². The molecule has 0 N–H and O–H groups in total. The molecule has 17 heavy (non-hydrogen) atoms. The van der Waals surface area contributed by atoms with E-state index in [0.29, 0.717) is 11.8 Å². The zero-order chi connectivity index (χ0) is 12.3. The minimum absolute atomic E-state index is 0.354. The highest BCUT2D eigenvalue weighted by atomic mass is 14.2. The van der Waals surface area contributed by atoms with Gasteiger partial charge in [0, 0.05) is 11.8 Å². The van der Waals surface area contributed by atoms with Gasteiger partial charge in [-0.1, -0.05) is 59.3 Å². The highest BCUT2D eigenvalue weighted by Gasteiger charge is 2.12. The third-order valence-corrected chi connectivity index (χ3v) is 3.13. The summed E-state index contributed by atoms with van der Waals surface area (Å²) in [6, 6.07) is 0. The number of hydrogen-bond donors (Lipinski definition) is 0. The molecule has 87 valence electrons. The van der Waals surface area contributed by atoms with Gasteiger partial charge in [0.2, 0.25) is 0 Å². The number of rotatable bonds is 2. The van der Waals surface area contributed by atoms with E-state index in [0.717, 1.165) is 0 Å². The van der Waals surface area contributed by atoms with Gasteiger partial charge in [0.1, 0.15) is 0 Å². The largest absolute Gasteiger partial charge is 0.0772 e. The van der Waals surface area contributed by atoms with Crippen LogP contribution in [0, 0.1) is 31.6 Å². The van der Waals surface area contributed by atoms with Crippen LogP contribution < -0.4 is 0 Å². The quantitative estimate of drug-likeness (QED) is 0.650. The molecule has 0 saturated carbocycles. The van der Waals surface area contributed by atoms with Gasteiger partial charge in [-0.25, -0.2) is 0 Å². The second-order valence-electron chi connectivity index (χ2n) is 4.77. The van der Waals surface area contributed by atoms with Gasteiger partial charge in [-0.3, -0.25) is 0 Å². The van der Waals surface area contributed by atoms with Crippen molar-refractivity contribution in [2.75, 3.05) is 0 Å². The average molecular weight is 223 g/mol.